The minimum absolute atomic E-state index is 0.202. The number of nitrogens with one attached hydrogen (secondary N) is 1. The van der Waals surface area contributed by atoms with Gasteiger partial charge in [0.25, 0.3) is 0 Å². The highest BCUT2D eigenvalue weighted by molar-refractivity contribution is 9.10. The van der Waals surface area contributed by atoms with Crippen LogP contribution in [-0.2, 0) is 0 Å². The van der Waals surface area contributed by atoms with Gasteiger partial charge in [0.1, 0.15) is 5.82 Å². The molecule has 0 bridgehead atoms. The van der Waals surface area contributed by atoms with Crippen molar-refractivity contribution in [2.75, 3.05) is 6.54 Å². The standard InChI is InChI=1S/C14H18BrClFN/c1-2-18-12-6-4-3-5-9(12)10-7-8-11(15)13(16)14(10)17/h7-9,12,18H,2-6H2,1H3. The van der Waals surface area contributed by atoms with E-state index in [0.29, 0.717) is 10.5 Å². The molecule has 0 spiro atoms. The first-order valence-electron chi connectivity index (χ1n) is 6.52. The van der Waals surface area contributed by atoms with Crippen molar-refractivity contribution in [2.24, 2.45) is 0 Å². The van der Waals surface area contributed by atoms with E-state index >= 15 is 0 Å². The predicted octanol–water partition coefficient (Wildman–Crippen LogP) is 4.88. The molecular formula is C14H18BrClFN. The summed E-state index contributed by atoms with van der Waals surface area (Å²) in [4.78, 5) is 0. The third kappa shape index (κ3) is 2.89. The summed E-state index contributed by atoms with van der Waals surface area (Å²) in [5.41, 5.74) is 0.758. The van der Waals surface area contributed by atoms with Gasteiger partial charge in [-0.25, -0.2) is 4.39 Å². The van der Waals surface area contributed by atoms with Crippen LogP contribution in [0.2, 0.25) is 5.02 Å². The normalized spacial score (nSPS) is 24.2. The Kier molecular flexibility index (Phi) is 5.05. The van der Waals surface area contributed by atoms with Crippen molar-refractivity contribution in [3.05, 3.63) is 33.0 Å². The topological polar surface area (TPSA) is 12.0 Å². The number of rotatable bonds is 3. The molecule has 0 heterocycles. The van der Waals surface area contributed by atoms with Crippen molar-refractivity contribution in [1.29, 1.82) is 0 Å². The SMILES string of the molecule is CCNC1CCCCC1c1ccc(Br)c(Cl)c1F. The summed E-state index contributed by atoms with van der Waals surface area (Å²) in [6.45, 7) is 3.02. The summed E-state index contributed by atoms with van der Waals surface area (Å²) in [5, 5.41) is 3.68. The zero-order valence-electron chi connectivity index (χ0n) is 10.5. The van der Waals surface area contributed by atoms with E-state index in [1.165, 1.54) is 12.8 Å². The summed E-state index contributed by atoms with van der Waals surface area (Å²) in [5.74, 6) is -0.0230. The van der Waals surface area contributed by atoms with E-state index in [-0.39, 0.29) is 16.8 Å². The highest BCUT2D eigenvalue weighted by Crippen LogP contribution is 2.38. The van der Waals surface area contributed by atoms with E-state index in [1.54, 1.807) is 0 Å². The number of benzene rings is 1. The smallest absolute Gasteiger partial charge is 0.146 e. The van der Waals surface area contributed by atoms with Gasteiger partial charge in [0, 0.05) is 16.4 Å². The fourth-order valence-electron chi connectivity index (χ4n) is 2.84. The van der Waals surface area contributed by atoms with E-state index in [1.807, 2.05) is 12.1 Å². The lowest BCUT2D eigenvalue weighted by atomic mass is 9.80. The van der Waals surface area contributed by atoms with Gasteiger partial charge in [0.05, 0.1) is 5.02 Å². The molecule has 0 aromatic heterocycles. The maximum atomic E-state index is 14.3. The maximum Gasteiger partial charge on any atom is 0.146 e. The van der Waals surface area contributed by atoms with Crippen LogP contribution in [0.25, 0.3) is 0 Å². The highest BCUT2D eigenvalue weighted by atomic mass is 79.9. The van der Waals surface area contributed by atoms with Crippen molar-refractivity contribution < 1.29 is 4.39 Å². The Bertz CT molecular complexity index is 423. The van der Waals surface area contributed by atoms with Crippen LogP contribution in [0.3, 0.4) is 0 Å². The Labute approximate surface area is 121 Å². The molecule has 2 atom stereocenters. The molecule has 18 heavy (non-hydrogen) atoms. The van der Waals surface area contributed by atoms with Crippen molar-refractivity contribution in [1.82, 2.24) is 5.32 Å². The second kappa shape index (κ2) is 6.36. The Morgan fingerprint density at radius 1 is 1.39 bits per heavy atom. The van der Waals surface area contributed by atoms with E-state index in [2.05, 4.69) is 28.2 Å². The van der Waals surface area contributed by atoms with Gasteiger partial charge in [-0.3, -0.25) is 0 Å². The van der Waals surface area contributed by atoms with Crippen LogP contribution in [0.15, 0.2) is 16.6 Å². The Hall–Kier alpha value is -0.120. The summed E-state index contributed by atoms with van der Waals surface area (Å²) in [6, 6.07) is 4.08. The van der Waals surface area contributed by atoms with Crippen LogP contribution >= 0.6 is 27.5 Å². The molecule has 1 aromatic rings. The van der Waals surface area contributed by atoms with Crippen LogP contribution in [0.1, 0.15) is 44.1 Å². The third-order valence-corrected chi connectivity index (χ3v) is 4.96. The first-order chi connectivity index (χ1) is 8.65. The quantitative estimate of drug-likeness (QED) is 0.777. The van der Waals surface area contributed by atoms with E-state index in [4.69, 9.17) is 11.6 Å². The van der Waals surface area contributed by atoms with Gasteiger partial charge >= 0.3 is 0 Å². The van der Waals surface area contributed by atoms with Crippen molar-refractivity contribution >= 4 is 27.5 Å². The van der Waals surface area contributed by atoms with Crippen LogP contribution in [-0.4, -0.2) is 12.6 Å². The molecule has 2 unspecified atom stereocenters. The lowest BCUT2D eigenvalue weighted by Crippen LogP contribution is -2.37. The van der Waals surface area contributed by atoms with E-state index in [0.717, 1.165) is 24.9 Å². The molecule has 1 nitrogen and oxygen atoms in total. The first kappa shape index (κ1) is 14.3. The number of hydrogen-bond donors (Lipinski definition) is 1. The minimum Gasteiger partial charge on any atom is -0.314 e. The zero-order valence-corrected chi connectivity index (χ0v) is 12.8. The van der Waals surface area contributed by atoms with Gasteiger partial charge in [0.15, 0.2) is 0 Å². The molecule has 0 amide bonds. The number of likely N-dealkylation sites (N-methyl/N-ethyl adjacent to an activating group) is 1. The Balaban J connectivity index is 2.31. The molecule has 0 radical (unpaired) electrons. The van der Waals surface area contributed by atoms with Crippen LogP contribution in [0, 0.1) is 5.82 Å². The second-order valence-corrected chi connectivity index (χ2v) is 6.05. The molecule has 0 aliphatic heterocycles. The first-order valence-corrected chi connectivity index (χ1v) is 7.69. The molecular weight excluding hydrogens is 317 g/mol. The second-order valence-electron chi connectivity index (χ2n) is 4.82. The monoisotopic (exact) mass is 333 g/mol. The molecule has 0 saturated heterocycles. The molecule has 1 saturated carbocycles. The van der Waals surface area contributed by atoms with E-state index < -0.39 is 0 Å². The molecule has 1 aliphatic carbocycles. The van der Waals surface area contributed by atoms with Crippen LogP contribution in [0.4, 0.5) is 4.39 Å². The number of halogens is 3. The molecule has 4 heteroatoms. The fourth-order valence-corrected chi connectivity index (χ4v) is 3.32. The summed E-state index contributed by atoms with van der Waals surface area (Å²) in [7, 11) is 0. The summed E-state index contributed by atoms with van der Waals surface area (Å²) < 4.78 is 14.9. The number of hydrogen-bond acceptors (Lipinski definition) is 1. The lowest BCUT2D eigenvalue weighted by Gasteiger charge is -2.33. The molecule has 1 aromatic carbocycles. The van der Waals surface area contributed by atoms with Crippen molar-refractivity contribution in [3.8, 4) is 0 Å². The van der Waals surface area contributed by atoms with Gasteiger partial charge in [-0.05, 0) is 46.9 Å². The minimum atomic E-state index is -0.263. The largest absolute Gasteiger partial charge is 0.314 e. The molecule has 1 aliphatic rings. The average molecular weight is 335 g/mol. The van der Waals surface area contributed by atoms with Gasteiger partial charge in [-0.1, -0.05) is 37.4 Å². The predicted molar refractivity (Wildman–Crippen MR) is 77.8 cm³/mol. The van der Waals surface area contributed by atoms with Crippen LogP contribution < -0.4 is 5.32 Å². The van der Waals surface area contributed by atoms with Crippen molar-refractivity contribution in [3.63, 3.8) is 0 Å². The van der Waals surface area contributed by atoms with Gasteiger partial charge in [0.2, 0.25) is 0 Å². The fraction of sp³-hybridized carbons (Fsp3) is 0.571. The van der Waals surface area contributed by atoms with Gasteiger partial charge < -0.3 is 5.32 Å². The van der Waals surface area contributed by atoms with Gasteiger partial charge in [-0.15, -0.1) is 0 Å². The maximum absolute atomic E-state index is 14.3. The Morgan fingerprint density at radius 2 is 2.11 bits per heavy atom. The highest BCUT2D eigenvalue weighted by Gasteiger charge is 2.28. The van der Waals surface area contributed by atoms with Crippen LogP contribution in [0.5, 0.6) is 0 Å². The zero-order chi connectivity index (χ0) is 13.1. The molecule has 1 N–H and O–H groups in total. The summed E-state index contributed by atoms with van der Waals surface area (Å²) in [6.07, 6.45) is 4.54. The molecule has 1 fully saturated rings. The Morgan fingerprint density at radius 3 is 2.83 bits per heavy atom. The van der Waals surface area contributed by atoms with Crippen molar-refractivity contribution in [2.45, 2.75) is 44.6 Å². The molecule has 2 rings (SSSR count). The average Bonchev–Trinajstić information content (AvgIpc) is 2.38. The summed E-state index contributed by atoms with van der Waals surface area (Å²) >= 11 is 9.25. The third-order valence-electron chi connectivity index (χ3n) is 3.70. The molecule has 100 valence electrons. The van der Waals surface area contributed by atoms with Gasteiger partial charge in [-0.2, -0.15) is 0 Å². The lowest BCUT2D eigenvalue weighted by molar-refractivity contribution is 0.326. The van der Waals surface area contributed by atoms with E-state index in [9.17, 15) is 4.39 Å².